The minimum Gasteiger partial charge on any atom is -0.245 e. The topological polar surface area (TPSA) is 50.2 Å². The number of nitrogens with one attached hydrogen (secondary N) is 1. The van der Waals surface area contributed by atoms with Crippen LogP contribution in [-0.4, -0.2) is 15.7 Å². The fourth-order valence-electron chi connectivity index (χ4n) is 2.82. The molecule has 0 aliphatic rings. The maximum atomic E-state index is 4.58. The highest BCUT2D eigenvalue weighted by atomic mass is 15.4. The summed E-state index contributed by atoms with van der Waals surface area (Å²) in [6.07, 6.45) is 3.27. The van der Waals surface area contributed by atoms with Crippen LogP contribution in [0.4, 0.5) is 5.95 Å². The zero-order chi connectivity index (χ0) is 18.4. The Morgan fingerprint density at radius 1 is 1.16 bits per heavy atom. The number of unbranched alkanes of at least 4 members (excludes halogenated alkanes) is 1. The van der Waals surface area contributed by atoms with Crippen molar-refractivity contribution in [3.05, 3.63) is 52.8 Å². The molecule has 134 valence electrons. The van der Waals surface area contributed by atoms with Gasteiger partial charge in [-0.3, -0.25) is 0 Å². The zero-order valence-corrected chi connectivity index (χ0v) is 16.3. The minimum absolute atomic E-state index is 0.0700. The molecule has 1 N–H and O–H groups in total. The third kappa shape index (κ3) is 5.38. The molecule has 1 heterocycles. The van der Waals surface area contributed by atoms with Crippen molar-refractivity contribution >= 4 is 11.7 Å². The average molecular weight is 338 g/mol. The molecule has 0 spiro atoms. The number of aryl methyl sites for hydroxylation is 2. The van der Waals surface area contributed by atoms with Gasteiger partial charge in [0.1, 0.15) is 0 Å². The van der Waals surface area contributed by atoms with Crippen LogP contribution in [0.25, 0.3) is 0 Å². The van der Waals surface area contributed by atoms with Gasteiger partial charge in [-0.1, -0.05) is 58.4 Å². The van der Waals surface area contributed by atoms with Gasteiger partial charge in [0.2, 0.25) is 5.95 Å². The molecule has 0 amide bonds. The van der Waals surface area contributed by atoms with Gasteiger partial charge < -0.3 is 0 Å². The van der Waals surface area contributed by atoms with Gasteiger partial charge in [0.05, 0.1) is 5.71 Å². The molecule has 0 saturated carbocycles. The number of anilines is 1. The molecule has 0 saturated heterocycles. The summed E-state index contributed by atoms with van der Waals surface area (Å²) in [5.41, 5.74) is 8.52. The van der Waals surface area contributed by atoms with Gasteiger partial charge >= 0.3 is 0 Å². The lowest BCUT2D eigenvalue weighted by atomic mass is 9.83. The lowest BCUT2D eigenvalue weighted by Crippen LogP contribution is -2.16. The Balaban J connectivity index is 2.24. The maximum Gasteiger partial charge on any atom is 0.243 e. The molecular weight excluding hydrogens is 308 g/mol. The molecule has 0 unspecified atom stereocenters. The van der Waals surface area contributed by atoms with Crippen LogP contribution in [0.5, 0.6) is 0 Å². The van der Waals surface area contributed by atoms with Gasteiger partial charge in [0.15, 0.2) is 0 Å². The van der Waals surface area contributed by atoms with Gasteiger partial charge in [0, 0.05) is 17.0 Å². The molecule has 25 heavy (non-hydrogen) atoms. The molecule has 0 atom stereocenters. The van der Waals surface area contributed by atoms with Crippen molar-refractivity contribution < 1.29 is 0 Å². The van der Waals surface area contributed by atoms with Gasteiger partial charge in [-0.25, -0.2) is 15.4 Å². The van der Waals surface area contributed by atoms with Crippen molar-refractivity contribution in [2.75, 3.05) is 5.43 Å². The molecule has 4 nitrogen and oxygen atoms in total. The second-order valence-corrected chi connectivity index (χ2v) is 7.53. The number of nitrogens with zero attached hydrogens (tertiary/aromatic N) is 3. The first kappa shape index (κ1) is 19.1. The minimum atomic E-state index is 0.0700. The van der Waals surface area contributed by atoms with E-state index >= 15 is 0 Å². The van der Waals surface area contributed by atoms with Crippen LogP contribution in [0.1, 0.15) is 70.0 Å². The summed E-state index contributed by atoms with van der Waals surface area (Å²) in [4.78, 5) is 9.03. The van der Waals surface area contributed by atoms with Crippen molar-refractivity contribution in [1.82, 2.24) is 9.97 Å². The molecule has 2 rings (SSSR count). The quantitative estimate of drug-likeness (QED) is 0.577. The van der Waals surface area contributed by atoms with E-state index in [-0.39, 0.29) is 5.41 Å². The van der Waals surface area contributed by atoms with Crippen molar-refractivity contribution in [3.63, 3.8) is 0 Å². The van der Waals surface area contributed by atoms with E-state index in [1.165, 1.54) is 5.56 Å². The highest BCUT2D eigenvalue weighted by molar-refractivity contribution is 6.00. The fourth-order valence-corrected chi connectivity index (χ4v) is 2.82. The van der Waals surface area contributed by atoms with E-state index in [0.29, 0.717) is 5.95 Å². The van der Waals surface area contributed by atoms with Crippen LogP contribution >= 0.6 is 0 Å². The smallest absolute Gasteiger partial charge is 0.243 e. The lowest BCUT2D eigenvalue weighted by molar-refractivity contribution is 0.589. The number of hydrazone groups is 1. The lowest BCUT2D eigenvalue weighted by Gasteiger charge is -2.22. The summed E-state index contributed by atoms with van der Waals surface area (Å²) in [7, 11) is 0. The first-order valence-electron chi connectivity index (χ1n) is 9.06. The fraction of sp³-hybridized carbons (Fsp3) is 0.476. The van der Waals surface area contributed by atoms with E-state index in [1.54, 1.807) is 0 Å². The Labute approximate surface area is 151 Å². The van der Waals surface area contributed by atoms with E-state index < -0.39 is 0 Å². The molecule has 0 aliphatic carbocycles. The monoisotopic (exact) mass is 338 g/mol. The predicted octanol–water partition coefficient (Wildman–Crippen LogP) is 5.26. The summed E-state index contributed by atoms with van der Waals surface area (Å²) in [6.45, 7) is 12.9. The Hall–Kier alpha value is -2.23. The first-order chi connectivity index (χ1) is 11.8. The molecular formula is C21H30N4. The summed E-state index contributed by atoms with van der Waals surface area (Å²) in [5, 5.41) is 4.54. The summed E-state index contributed by atoms with van der Waals surface area (Å²) >= 11 is 0. The van der Waals surface area contributed by atoms with Gasteiger partial charge in [0.25, 0.3) is 0 Å². The molecule has 0 fully saturated rings. The molecule has 4 heteroatoms. The van der Waals surface area contributed by atoms with E-state index in [1.807, 2.05) is 19.9 Å². The Morgan fingerprint density at radius 3 is 2.56 bits per heavy atom. The van der Waals surface area contributed by atoms with Crippen LogP contribution in [0, 0.1) is 6.92 Å². The largest absolute Gasteiger partial charge is 0.245 e. The zero-order valence-electron chi connectivity index (χ0n) is 16.3. The highest BCUT2D eigenvalue weighted by Crippen LogP contribution is 2.26. The van der Waals surface area contributed by atoms with Gasteiger partial charge in [-0.05, 0) is 43.7 Å². The van der Waals surface area contributed by atoms with E-state index in [2.05, 4.69) is 72.5 Å². The number of aromatic nitrogens is 2. The SMILES string of the molecule is CCCCc1cc(C)nc(NN=C(C)c2ccccc2C(C)(C)C)n1. The van der Waals surface area contributed by atoms with Crippen molar-refractivity contribution in [3.8, 4) is 0 Å². The standard InChI is InChI=1S/C21H30N4/c1-7-8-11-17-14-15(2)22-20(23-17)25-24-16(3)18-12-9-10-13-19(18)21(4,5)6/h9-10,12-14H,7-8,11H2,1-6H3,(H,22,23,25). The van der Waals surface area contributed by atoms with Gasteiger partial charge in [-0.15, -0.1) is 0 Å². The maximum absolute atomic E-state index is 4.58. The summed E-state index contributed by atoms with van der Waals surface area (Å²) in [6, 6.07) is 10.5. The van der Waals surface area contributed by atoms with E-state index in [9.17, 15) is 0 Å². The van der Waals surface area contributed by atoms with Crippen molar-refractivity contribution in [1.29, 1.82) is 0 Å². The molecule has 0 radical (unpaired) electrons. The van der Waals surface area contributed by atoms with Crippen molar-refractivity contribution in [2.24, 2.45) is 5.10 Å². The molecule has 2 aromatic rings. The molecule has 0 bridgehead atoms. The molecule has 0 aliphatic heterocycles. The third-order valence-electron chi connectivity index (χ3n) is 4.14. The van der Waals surface area contributed by atoms with Gasteiger partial charge in [-0.2, -0.15) is 5.10 Å². The first-order valence-corrected chi connectivity index (χ1v) is 9.06. The summed E-state index contributed by atoms with van der Waals surface area (Å²) in [5.74, 6) is 0.568. The average Bonchev–Trinajstić information content (AvgIpc) is 2.56. The number of benzene rings is 1. The summed E-state index contributed by atoms with van der Waals surface area (Å²) < 4.78 is 0. The Morgan fingerprint density at radius 2 is 1.88 bits per heavy atom. The van der Waals surface area contributed by atoms with Crippen LogP contribution in [0.2, 0.25) is 0 Å². The van der Waals surface area contributed by atoms with Crippen LogP contribution in [0.15, 0.2) is 35.4 Å². The number of hydrogen-bond acceptors (Lipinski definition) is 4. The second kappa shape index (κ2) is 8.24. The molecule has 1 aromatic carbocycles. The Bertz CT molecular complexity index is 742. The van der Waals surface area contributed by atoms with Crippen LogP contribution in [0.3, 0.4) is 0 Å². The third-order valence-corrected chi connectivity index (χ3v) is 4.14. The van der Waals surface area contributed by atoms with E-state index in [4.69, 9.17) is 0 Å². The number of rotatable bonds is 6. The molecule has 1 aromatic heterocycles. The Kier molecular flexibility index (Phi) is 6.29. The highest BCUT2D eigenvalue weighted by Gasteiger charge is 2.18. The van der Waals surface area contributed by atoms with Crippen LogP contribution in [-0.2, 0) is 11.8 Å². The number of hydrogen-bond donors (Lipinski definition) is 1. The van der Waals surface area contributed by atoms with Crippen LogP contribution < -0.4 is 5.43 Å². The van der Waals surface area contributed by atoms with E-state index in [0.717, 1.165) is 41.9 Å². The predicted molar refractivity (Wildman–Crippen MR) is 106 cm³/mol. The van der Waals surface area contributed by atoms with Crippen molar-refractivity contribution in [2.45, 2.75) is 66.2 Å². The second-order valence-electron chi connectivity index (χ2n) is 7.53. The normalized spacial score (nSPS) is 12.3.